The number of hydrogen-bond acceptors (Lipinski definition) is 2. The third-order valence-electron chi connectivity index (χ3n) is 5.72. The van der Waals surface area contributed by atoms with Gasteiger partial charge in [0.15, 0.2) is 0 Å². The molecule has 1 atom stereocenters. The molecule has 2 heterocycles. The van der Waals surface area contributed by atoms with Crippen LogP contribution < -0.4 is 0 Å². The molecule has 0 aromatic carbocycles. The minimum atomic E-state index is -1.00. The number of aromatic nitrogens is 1. The van der Waals surface area contributed by atoms with E-state index in [2.05, 4.69) is 17.6 Å². The van der Waals surface area contributed by atoms with E-state index < -0.39 is 5.97 Å². The van der Waals surface area contributed by atoms with Gasteiger partial charge in [0.25, 0.3) is 0 Å². The predicted molar refractivity (Wildman–Crippen MR) is 92.0 cm³/mol. The van der Waals surface area contributed by atoms with Crippen molar-refractivity contribution in [1.29, 1.82) is 0 Å². The van der Waals surface area contributed by atoms with Crippen molar-refractivity contribution < 1.29 is 14.3 Å². The third-order valence-corrected chi connectivity index (χ3v) is 5.72. The number of carbonyl (C=O) groups is 1. The first-order valence-electron chi connectivity index (χ1n) is 9.20. The fourth-order valence-electron chi connectivity index (χ4n) is 4.42. The van der Waals surface area contributed by atoms with Crippen molar-refractivity contribution in [2.24, 2.45) is 5.92 Å². The van der Waals surface area contributed by atoms with Gasteiger partial charge in [-0.3, -0.25) is 4.57 Å². The Morgan fingerprint density at radius 2 is 2.00 bits per heavy atom. The van der Waals surface area contributed by atoms with Crippen LogP contribution in [-0.4, -0.2) is 15.6 Å². The second-order valence-corrected chi connectivity index (χ2v) is 7.50. The van der Waals surface area contributed by atoms with Crippen LogP contribution in [0.2, 0.25) is 0 Å². The Balaban J connectivity index is 1.82. The number of carboxylic acids is 1. The molecule has 0 saturated heterocycles. The molecular formula is C20H25NO3. The van der Waals surface area contributed by atoms with E-state index in [0.29, 0.717) is 17.7 Å². The number of rotatable bonds is 3. The molecule has 0 aliphatic heterocycles. The van der Waals surface area contributed by atoms with E-state index in [1.54, 1.807) is 6.07 Å². The molecule has 1 unspecified atom stereocenters. The van der Waals surface area contributed by atoms with Gasteiger partial charge in [-0.25, -0.2) is 4.79 Å². The zero-order valence-corrected chi connectivity index (χ0v) is 14.3. The molecule has 0 radical (unpaired) electrons. The Hall–Kier alpha value is -1.97. The van der Waals surface area contributed by atoms with Gasteiger partial charge in [-0.05, 0) is 61.6 Å². The van der Waals surface area contributed by atoms with Gasteiger partial charge in [0.2, 0.25) is 11.6 Å². The number of hydrogen-bond donors (Lipinski definition) is 1. The lowest BCUT2D eigenvalue weighted by Crippen LogP contribution is -2.15. The Morgan fingerprint density at radius 3 is 2.71 bits per heavy atom. The number of aromatic carboxylic acids is 1. The Kier molecular flexibility index (Phi) is 3.99. The largest absolute Gasteiger partial charge is 0.475 e. The Bertz CT molecular complexity index is 749. The summed E-state index contributed by atoms with van der Waals surface area (Å²) in [7, 11) is 0. The van der Waals surface area contributed by atoms with Crippen molar-refractivity contribution in [3.63, 3.8) is 0 Å². The minimum Gasteiger partial charge on any atom is -0.475 e. The van der Waals surface area contributed by atoms with Crippen molar-refractivity contribution in [1.82, 2.24) is 4.57 Å². The molecule has 2 aromatic heterocycles. The van der Waals surface area contributed by atoms with Gasteiger partial charge >= 0.3 is 5.97 Å². The summed E-state index contributed by atoms with van der Waals surface area (Å²) >= 11 is 0. The molecule has 1 fully saturated rings. The van der Waals surface area contributed by atoms with Gasteiger partial charge in [-0.1, -0.05) is 26.2 Å². The summed E-state index contributed by atoms with van der Waals surface area (Å²) < 4.78 is 7.93. The second kappa shape index (κ2) is 6.15. The van der Waals surface area contributed by atoms with Crippen LogP contribution >= 0.6 is 0 Å². The smallest absolute Gasteiger partial charge is 0.371 e. The summed E-state index contributed by atoms with van der Waals surface area (Å²) in [6.07, 6.45) is 9.76. The van der Waals surface area contributed by atoms with Crippen molar-refractivity contribution >= 4 is 5.97 Å². The third kappa shape index (κ3) is 2.68. The summed E-state index contributed by atoms with van der Waals surface area (Å²) in [6, 6.07) is 5.76. The minimum absolute atomic E-state index is 0.0194. The monoisotopic (exact) mass is 327 g/mol. The van der Waals surface area contributed by atoms with Crippen molar-refractivity contribution in [3.8, 4) is 5.88 Å². The average molecular weight is 327 g/mol. The van der Waals surface area contributed by atoms with E-state index in [1.165, 1.54) is 55.5 Å². The first-order chi connectivity index (χ1) is 11.6. The fraction of sp³-hybridized carbons (Fsp3) is 0.550. The zero-order chi connectivity index (χ0) is 16.7. The Labute approximate surface area is 142 Å². The van der Waals surface area contributed by atoms with Crippen molar-refractivity contribution in [2.45, 2.75) is 64.2 Å². The Morgan fingerprint density at radius 1 is 1.21 bits per heavy atom. The van der Waals surface area contributed by atoms with Gasteiger partial charge in [0, 0.05) is 17.5 Å². The van der Waals surface area contributed by atoms with Crippen LogP contribution in [0.5, 0.6) is 0 Å². The summed E-state index contributed by atoms with van der Waals surface area (Å²) in [5.41, 5.74) is 4.10. The van der Waals surface area contributed by atoms with Crippen LogP contribution in [0.4, 0.5) is 0 Å². The van der Waals surface area contributed by atoms with Crippen LogP contribution in [0.3, 0.4) is 0 Å². The fourth-order valence-corrected chi connectivity index (χ4v) is 4.42. The zero-order valence-electron chi connectivity index (χ0n) is 14.3. The van der Waals surface area contributed by atoms with Crippen LogP contribution in [0.25, 0.3) is 5.88 Å². The highest BCUT2D eigenvalue weighted by Gasteiger charge is 2.28. The summed E-state index contributed by atoms with van der Waals surface area (Å²) in [4.78, 5) is 11.2. The topological polar surface area (TPSA) is 55.4 Å². The second-order valence-electron chi connectivity index (χ2n) is 7.50. The normalized spacial score (nSPS) is 21.6. The average Bonchev–Trinajstić information content (AvgIpc) is 3.19. The highest BCUT2D eigenvalue weighted by atomic mass is 16.4. The SMILES string of the molecule is CC1CCc2cc(C3CCCCC3)n(-c3ccc(C(=O)O)o3)c2C1. The highest BCUT2D eigenvalue weighted by molar-refractivity contribution is 5.84. The molecule has 0 spiro atoms. The number of fused-ring (bicyclic) bond motifs is 1. The molecular weight excluding hydrogens is 302 g/mol. The lowest BCUT2D eigenvalue weighted by atomic mass is 9.86. The van der Waals surface area contributed by atoms with Gasteiger partial charge in [0.1, 0.15) is 0 Å². The molecule has 2 aliphatic carbocycles. The van der Waals surface area contributed by atoms with Crippen molar-refractivity contribution in [2.75, 3.05) is 0 Å². The van der Waals surface area contributed by atoms with E-state index in [0.717, 1.165) is 12.8 Å². The van der Waals surface area contributed by atoms with Crippen LogP contribution in [-0.2, 0) is 12.8 Å². The molecule has 24 heavy (non-hydrogen) atoms. The van der Waals surface area contributed by atoms with E-state index in [4.69, 9.17) is 4.42 Å². The van der Waals surface area contributed by atoms with Crippen LogP contribution in [0.1, 0.15) is 78.9 Å². The molecule has 2 aromatic rings. The number of carboxylic acid groups (broad SMARTS) is 1. The molecule has 4 heteroatoms. The standard InChI is InChI=1S/C20H25NO3/c1-13-7-8-15-12-17(14-5-3-2-4-6-14)21(16(15)11-13)19-10-9-18(24-19)20(22)23/h9-10,12-14H,2-8,11H2,1H3,(H,22,23). The van der Waals surface area contributed by atoms with Gasteiger partial charge in [0.05, 0.1) is 0 Å². The molecule has 0 amide bonds. The van der Waals surface area contributed by atoms with E-state index in [-0.39, 0.29) is 5.76 Å². The number of furan rings is 1. The highest BCUT2D eigenvalue weighted by Crippen LogP contribution is 2.39. The maximum atomic E-state index is 11.2. The van der Waals surface area contributed by atoms with Gasteiger partial charge in [-0.2, -0.15) is 0 Å². The van der Waals surface area contributed by atoms with E-state index in [1.807, 2.05) is 6.07 Å². The molecule has 1 saturated carbocycles. The lowest BCUT2D eigenvalue weighted by Gasteiger charge is -2.24. The molecule has 0 bridgehead atoms. The van der Waals surface area contributed by atoms with Gasteiger partial charge in [-0.15, -0.1) is 0 Å². The van der Waals surface area contributed by atoms with E-state index >= 15 is 0 Å². The summed E-state index contributed by atoms with van der Waals surface area (Å²) in [5, 5.41) is 9.19. The van der Waals surface area contributed by atoms with E-state index in [9.17, 15) is 9.90 Å². The van der Waals surface area contributed by atoms with Crippen LogP contribution in [0, 0.1) is 5.92 Å². The maximum absolute atomic E-state index is 11.2. The number of aryl methyl sites for hydroxylation is 1. The van der Waals surface area contributed by atoms with Gasteiger partial charge < -0.3 is 9.52 Å². The molecule has 1 N–H and O–H groups in total. The first kappa shape index (κ1) is 15.6. The van der Waals surface area contributed by atoms with Crippen molar-refractivity contribution in [3.05, 3.63) is 40.9 Å². The quantitative estimate of drug-likeness (QED) is 0.868. The number of nitrogens with zero attached hydrogens (tertiary/aromatic N) is 1. The molecule has 128 valence electrons. The first-order valence-corrected chi connectivity index (χ1v) is 9.20. The maximum Gasteiger partial charge on any atom is 0.371 e. The molecule has 4 rings (SSSR count). The summed E-state index contributed by atoms with van der Waals surface area (Å²) in [5.74, 6) is 0.918. The van der Waals surface area contributed by atoms with Crippen LogP contribution in [0.15, 0.2) is 22.6 Å². The molecule has 4 nitrogen and oxygen atoms in total. The lowest BCUT2D eigenvalue weighted by molar-refractivity contribution is 0.0662. The predicted octanol–water partition coefficient (Wildman–Crippen LogP) is 4.94. The summed E-state index contributed by atoms with van der Waals surface area (Å²) in [6.45, 7) is 2.30. The molecule has 2 aliphatic rings.